The van der Waals surface area contributed by atoms with Crippen LogP contribution in [0.25, 0.3) is 0 Å². The van der Waals surface area contributed by atoms with Gasteiger partial charge in [0.25, 0.3) is 5.91 Å². The normalized spacial score (nSPS) is 11.3. The molecular formula is C22H27NO6. The van der Waals surface area contributed by atoms with E-state index in [1.807, 2.05) is 31.2 Å². The van der Waals surface area contributed by atoms with Gasteiger partial charge in [-0.3, -0.25) is 4.79 Å². The van der Waals surface area contributed by atoms with Crippen molar-refractivity contribution in [3.63, 3.8) is 0 Å². The summed E-state index contributed by atoms with van der Waals surface area (Å²) in [5.74, 6) is -0.0596. The van der Waals surface area contributed by atoms with E-state index in [1.165, 1.54) is 39.0 Å². The van der Waals surface area contributed by atoms with Crippen molar-refractivity contribution < 1.29 is 28.5 Å². The average molecular weight is 401 g/mol. The molecular weight excluding hydrogens is 374 g/mol. The molecule has 29 heavy (non-hydrogen) atoms. The Hall–Kier alpha value is -3.22. The highest BCUT2D eigenvalue weighted by molar-refractivity contribution is 5.95. The van der Waals surface area contributed by atoms with E-state index in [2.05, 4.69) is 12.2 Å². The van der Waals surface area contributed by atoms with Crippen LogP contribution in [0.15, 0.2) is 36.4 Å². The standard InChI is InChI=1S/C22H27NO6/c1-6-15-7-9-16(10-8-15)14(2)23-21(24)13-29-22(25)17-11-19(27-4)20(28-5)12-18(17)26-3/h7-12,14H,6,13H2,1-5H3,(H,23,24)/t14-/m1/s1. The Morgan fingerprint density at radius 2 is 1.52 bits per heavy atom. The lowest BCUT2D eigenvalue weighted by molar-refractivity contribution is -0.124. The van der Waals surface area contributed by atoms with Crippen LogP contribution in [0.5, 0.6) is 17.2 Å². The minimum Gasteiger partial charge on any atom is -0.496 e. The Bertz CT molecular complexity index is 847. The molecule has 0 aliphatic carbocycles. The second-order valence-electron chi connectivity index (χ2n) is 6.37. The maximum Gasteiger partial charge on any atom is 0.342 e. The summed E-state index contributed by atoms with van der Waals surface area (Å²) in [5.41, 5.74) is 2.34. The summed E-state index contributed by atoms with van der Waals surface area (Å²) >= 11 is 0. The summed E-state index contributed by atoms with van der Waals surface area (Å²) in [6.07, 6.45) is 0.955. The molecule has 1 N–H and O–H groups in total. The molecule has 7 nitrogen and oxygen atoms in total. The van der Waals surface area contributed by atoms with Crippen LogP contribution in [0.1, 0.15) is 41.4 Å². The van der Waals surface area contributed by atoms with Crippen LogP contribution in [0.2, 0.25) is 0 Å². The van der Waals surface area contributed by atoms with Crippen LogP contribution in [-0.2, 0) is 16.0 Å². The molecule has 7 heteroatoms. The van der Waals surface area contributed by atoms with Crippen molar-refractivity contribution in [1.82, 2.24) is 5.32 Å². The first-order valence-electron chi connectivity index (χ1n) is 9.28. The number of amides is 1. The van der Waals surface area contributed by atoms with Gasteiger partial charge < -0.3 is 24.3 Å². The van der Waals surface area contributed by atoms with E-state index in [0.29, 0.717) is 11.5 Å². The van der Waals surface area contributed by atoms with Gasteiger partial charge in [-0.2, -0.15) is 0 Å². The molecule has 1 amide bonds. The molecule has 0 unspecified atom stereocenters. The first kappa shape index (κ1) is 22.1. The first-order valence-corrected chi connectivity index (χ1v) is 9.28. The molecule has 0 aliphatic heterocycles. The van der Waals surface area contributed by atoms with Crippen molar-refractivity contribution in [3.05, 3.63) is 53.1 Å². The lowest BCUT2D eigenvalue weighted by Crippen LogP contribution is -2.31. The highest BCUT2D eigenvalue weighted by atomic mass is 16.5. The Balaban J connectivity index is 1.99. The van der Waals surface area contributed by atoms with Crippen molar-refractivity contribution in [2.75, 3.05) is 27.9 Å². The number of aryl methyl sites for hydroxylation is 1. The van der Waals surface area contributed by atoms with E-state index in [-0.39, 0.29) is 17.4 Å². The van der Waals surface area contributed by atoms with Crippen LogP contribution >= 0.6 is 0 Å². The minimum atomic E-state index is -0.696. The summed E-state index contributed by atoms with van der Waals surface area (Å²) < 4.78 is 20.8. The Morgan fingerprint density at radius 1 is 0.931 bits per heavy atom. The van der Waals surface area contributed by atoms with Crippen molar-refractivity contribution in [3.8, 4) is 17.2 Å². The maximum absolute atomic E-state index is 12.4. The summed E-state index contributed by atoms with van der Waals surface area (Å²) in [7, 11) is 4.37. The second kappa shape index (κ2) is 10.4. The van der Waals surface area contributed by atoms with Crippen LogP contribution in [0.3, 0.4) is 0 Å². The number of hydrogen-bond donors (Lipinski definition) is 1. The first-order chi connectivity index (χ1) is 13.9. The van der Waals surface area contributed by atoms with Gasteiger partial charge in [0.15, 0.2) is 18.1 Å². The van der Waals surface area contributed by atoms with Gasteiger partial charge in [0.05, 0.1) is 27.4 Å². The number of benzene rings is 2. The number of rotatable bonds is 9. The zero-order valence-corrected chi connectivity index (χ0v) is 17.4. The van der Waals surface area contributed by atoms with Gasteiger partial charge in [0.2, 0.25) is 0 Å². The molecule has 1 atom stereocenters. The summed E-state index contributed by atoms with van der Waals surface area (Å²) in [6.45, 7) is 3.55. The molecule has 0 spiro atoms. The molecule has 0 bridgehead atoms. The fourth-order valence-electron chi connectivity index (χ4n) is 2.81. The Kier molecular flexibility index (Phi) is 7.88. The summed E-state index contributed by atoms with van der Waals surface area (Å²) in [5, 5.41) is 2.82. The zero-order chi connectivity index (χ0) is 21.4. The van der Waals surface area contributed by atoms with E-state index in [4.69, 9.17) is 18.9 Å². The van der Waals surface area contributed by atoms with Gasteiger partial charge in [0.1, 0.15) is 11.3 Å². The molecule has 2 rings (SSSR count). The monoisotopic (exact) mass is 401 g/mol. The number of carbonyl (C=O) groups is 2. The molecule has 156 valence electrons. The molecule has 0 aromatic heterocycles. The smallest absolute Gasteiger partial charge is 0.342 e. The van der Waals surface area contributed by atoms with Gasteiger partial charge in [0, 0.05) is 12.1 Å². The lowest BCUT2D eigenvalue weighted by Gasteiger charge is -2.16. The van der Waals surface area contributed by atoms with Crippen molar-refractivity contribution >= 4 is 11.9 Å². The van der Waals surface area contributed by atoms with Gasteiger partial charge in [-0.25, -0.2) is 4.79 Å². The molecule has 0 fully saturated rings. The van der Waals surface area contributed by atoms with Gasteiger partial charge in [-0.15, -0.1) is 0 Å². The topological polar surface area (TPSA) is 83.1 Å². The van der Waals surface area contributed by atoms with Crippen LogP contribution < -0.4 is 19.5 Å². The highest BCUT2D eigenvalue weighted by Gasteiger charge is 2.20. The summed E-state index contributed by atoms with van der Waals surface area (Å²) in [6, 6.07) is 10.8. The zero-order valence-electron chi connectivity index (χ0n) is 17.4. The van der Waals surface area contributed by atoms with Gasteiger partial charge >= 0.3 is 5.97 Å². The van der Waals surface area contributed by atoms with Gasteiger partial charge in [-0.05, 0) is 24.5 Å². The quantitative estimate of drug-likeness (QED) is 0.649. The molecule has 0 saturated heterocycles. The number of ether oxygens (including phenoxy) is 4. The molecule has 2 aromatic rings. The third-order valence-electron chi connectivity index (χ3n) is 4.53. The molecule has 0 radical (unpaired) electrons. The molecule has 2 aromatic carbocycles. The fourth-order valence-corrected chi connectivity index (χ4v) is 2.81. The minimum absolute atomic E-state index is 0.140. The second-order valence-corrected chi connectivity index (χ2v) is 6.37. The van der Waals surface area contributed by atoms with E-state index < -0.39 is 18.5 Å². The number of carbonyl (C=O) groups excluding carboxylic acids is 2. The third kappa shape index (κ3) is 5.63. The lowest BCUT2D eigenvalue weighted by atomic mass is 10.1. The predicted molar refractivity (Wildman–Crippen MR) is 109 cm³/mol. The third-order valence-corrected chi connectivity index (χ3v) is 4.53. The van der Waals surface area contributed by atoms with Crippen molar-refractivity contribution in [2.45, 2.75) is 26.3 Å². The fraction of sp³-hybridized carbons (Fsp3) is 0.364. The predicted octanol–water partition coefficient (Wildman–Crippen LogP) is 3.31. The largest absolute Gasteiger partial charge is 0.496 e. The van der Waals surface area contributed by atoms with E-state index >= 15 is 0 Å². The van der Waals surface area contributed by atoms with E-state index in [0.717, 1.165) is 12.0 Å². The summed E-state index contributed by atoms with van der Waals surface area (Å²) in [4.78, 5) is 24.6. The van der Waals surface area contributed by atoms with E-state index in [1.54, 1.807) is 0 Å². The molecule has 0 aliphatic rings. The van der Waals surface area contributed by atoms with Crippen LogP contribution in [-0.4, -0.2) is 39.8 Å². The maximum atomic E-state index is 12.4. The number of methoxy groups -OCH3 is 3. The van der Waals surface area contributed by atoms with Crippen LogP contribution in [0.4, 0.5) is 0 Å². The highest BCUT2D eigenvalue weighted by Crippen LogP contribution is 2.34. The van der Waals surface area contributed by atoms with Gasteiger partial charge in [-0.1, -0.05) is 31.2 Å². The SMILES string of the molecule is CCc1ccc([C@@H](C)NC(=O)COC(=O)c2cc(OC)c(OC)cc2OC)cc1. The Morgan fingerprint density at radius 3 is 2.07 bits per heavy atom. The van der Waals surface area contributed by atoms with Crippen molar-refractivity contribution in [2.24, 2.45) is 0 Å². The molecule has 0 heterocycles. The number of nitrogens with one attached hydrogen (secondary N) is 1. The Labute approximate surface area is 170 Å². The van der Waals surface area contributed by atoms with Crippen molar-refractivity contribution in [1.29, 1.82) is 0 Å². The number of esters is 1. The number of hydrogen-bond acceptors (Lipinski definition) is 6. The van der Waals surface area contributed by atoms with Crippen LogP contribution in [0, 0.1) is 0 Å². The van der Waals surface area contributed by atoms with E-state index in [9.17, 15) is 9.59 Å². The average Bonchev–Trinajstić information content (AvgIpc) is 2.76. The molecule has 0 saturated carbocycles.